The average molecular weight is 355 g/mol. The van der Waals surface area contributed by atoms with Crippen LogP contribution in [0.5, 0.6) is 0 Å². The van der Waals surface area contributed by atoms with Crippen molar-refractivity contribution in [3.63, 3.8) is 0 Å². The van der Waals surface area contributed by atoms with Gasteiger partial charge < -0.3 is 10.1 Å². The Hall–Kier alpha value is -2.67. The van der Waals surface area contributed by atoms with Crippen molar-refractivity contribution in [2.45, 2.75) is 39.3 Å². The molecule has 0 radical (unpaired) electrons. The van der Waals surface area contributed by atoms with Crippen molar-refractivity contribution in [1.82, 2.24) is 19.7 Å². The predicted molar refractivity (Wildman–Crippen MR) is 102 cm³/mol. The number of hydrogen-bond acceptors (Lipinski definition) is 5. The molecule has 0 bridgehead atoms. The second-order valence-electron chi connectivity index (χ2n) is 7.11. The lowest BCUT2D eigenvalue weighted by molar-refractivity contribution is 0.0718. The van der Waals surface area contributed by atoms with Crippen molar-refractivity contribution in [1.29, 1.82) is 0 Å². The first-order valence-corrected chi connectivity index (χ1v) is 8.79. The fraction of sp³-hybridized carbons (Fsp3) is 0.421. The molecule has 0 spiro atoms. The van der Waals surface area contributed by atoms with Gasteiger partial charge in [-0.3, -0.25) is 9.78 Å². The summed E-state index contributed by atoms with van der Waals surface area (Å²) in [6.07, 6.45) is 1.43. The number of rotatable bonds is 6. The third-order valence-corrected chi connectivity index (χ3v) is 4.07. The highest BCUT2D eigenvalue weighted by Crippen LogP contribution is 2.20. The molecule has 0 saturated carbocycles. The number of anilines is 1. The molecule has 0 amide bonds. The molecular formula is C19H25N5O2. The first kappa shape index (κ1) is 18.1. The lowest BCUT2D eigenvalue weighted by Crippen LogP contribution is -2.25. The van der Waals surface area contributed by atoms with Crippen molar-refractivity contribution in [2.24, 2.45) is 0 Å². The molecule has 0 fully saturated rings. The lowest BCUT2D eigenvalue weighted by atomic mass is 10.1. The Labute approximate surface area is 152 Å². The number of aromatic amines is 1. The first-order valence-electron chi connectivity index (χ1n) is 8.79. The van der Waals surface area contributed by atoms with Crippen molar-refractivity contribution < 1.29 is 4.74 Å². The maximum Gasteiger partial charge on any atom is 0.263 e. The van der Waals surface area contributed by atoms with Gasteiger partial charge in [0.25, 0.3) is 5.56 Å². The number of hydrogen-bond donors (Lipinski definition) is 2. The molecule has 1 unspecified atom stereocenters. The highest BCUT2D eigenvalue weighted by atomic mass is 16.5. The Bertz CT molecular complexity index is 924. The van der Waals surface area contributed by atoms with E-state index in [9.17, 15) is 4.79 Å². The second-order valence-corrected chi connectivity index (χ2v) is 7.11. The number of H-pyrrole nitrogens is 1. The minimum absolute atomic E-state index is 0.130. The van der Waals surface area contributed by atoms with E-state index in [4.69, 9.17) is 4.74 Å². The molecule has 3 rings (SSSR count). The van der Waals surface area contributed by atoms with E-state index >= 15 is 0 Å². The van der Waals surface area contributed by atoms with Gasteiger partial charge in [-0.25, -0.2) is 4.68 Å². The Morgan fingerprint density at radius 1 is 1.27 bits per heavy atom. The van der Waals surface area contributed by atoms with Gasteiger partial charge in [-0.05, 0) is 33.3 Å². The Morgan fingerprint density at radius 2 is 2.00 bits per heavy atom. The number of aromatic nitrogens is 4. The summed E-state index contributed by atoms with van der Waals surface area (Å²) in [7, 11) is 0. The molecule has 0 aliphatic carbocycles. The monoisotopic (exact) mass is 355 g/mol. The number of ether oxygens (including phenoxy) is 1. The quantitative estimate of drug-likeness (QED) is 0.710. The van der Waals surface area contributed by atoms with Gasteiger partial charge >= 0.3 is 0 Å². The Morgan fingerprint density at radius 3 is 2.65 bits per heavy atom. The Balaban J connectivity index is 1.87. The summed E-state index contributed by atoms with van der Waals surface area (Å²) < 4.78 is 7.59. The first-order chi connectivity index (χ1) is 12.4. The van der Waals surface area contributed by atoms with Crippen LogP contribution in [0.15, 0.2) is 41.3 Å². The standard InChI is InChI=1S/C19H25N5O2/c1-5-26-15(13-9-7-6-8-10-13)12-20-18-22-16-14(17(25)23-18)11-21-24(16)19(2,3)4/h6-11,15H,5,12H2,1-4H3,(H2,20,22,23,25). The van der Waals surface area contributed by atoms with Crippen LogP contribution >= 0.6 is 0 Å². The van der Waals surface area contributed by atoms with Crippen molar-refractivity contribution >= 4 is 17.0 Å². The van der Waals surface area contributed by atoms with Crippen LogP contribution in [0, 0.1) is 0 Å². The van der Waals surface area contributed by atoms with E-state index < -0.39 is 0 Å². The topological polar surface area (TPSA) is 84.8 Å². The molecule has 0 saturated heterocycles. The van der Waals surface area contributed by atoms with Crippen molar-refractivity contribution in [2.75, 3.05) is 18.5 Å². The minimum Gasteiger partial charge on any atom is -0.372 e. The summed E-state index contributed by atoms with van der Waals surface area (Å²) in [5.41, 5.74) is 1.17. The zero-order valence-corrected chi connectivity index (χ0v) is 15.6. The molecule has 2 N–H and O–H groups in total. The largest absolute Gasteiger partial charge is 0.372 e. The molecule has 2 aromatic heterocycles. The molecule has 0 aliphatic rings. The van der Waals surface area contributed by atoms with Crippen LogP contribution < -0.4 is 10.9 Å². The normalized spacial score (nSPS) is 13.1. The van der Waals surface area contributed by atoms with Crippen molar-refractivity contribution in [3.05, 3.63) is 52.4 Å². The fourth-order valence-electron chi connectivity index (χ4n) is 2.82. The smallest absolute Gasteiger partial charge is 0.263 e. The van der Waals surface area contributed by atoms with E-state index in [-0.39, 0.29) is 17.2 Å². The van der Waals surface area contributed by atoms with Crippen LogP contribution in [0.25, 0.3) is 11.0 Å². The van der Waals surface area contributed by atoms with E-state index in [0.717, 1.165) is 5.56 Å². The highest BCUT2D eigenvalue weighted by Gasteiger charge is 2.20. The number of nitrogens with one attached hydrogen (secondary N) is 2. The number of benzene rings is 1. The summed E-state index contributed by atoms with van der Waals surface area (Å²) >= 11 is 0. The zero-order chi connectivity index (χ0) is 18.7. The SMILES string of the molecule is CCOC(CNc1nc2c(cnn2C(C)(C)C)c(=O)[nH]1)c1ccccc1. The van der Waals surface area contributed by atoms with Gasteiger partial charge in [-0.1, -0.05) is 30.3 Å². The van der Waals surface area contributed by atoms with E-state index in [0.29, 0.717) is 30.1 Å². The van der Waals surface area contributed by atoms with Gasteiger partial charge in [-0.2, -0.15) is 10.1 Å². The molecule has 2 heterocycles. The molecule has 0 aliphatic heterocycles. The third kappa shape index (κ3) is 3.77. The fourth-order valence-corrected chi connectivity index (χ4v) is 2.82. The van der Waals surface area contributed by atoms with Gasteiger partial charge in [0.05, 0.1) is 17.8 Å². The molecule has 1 aromatic carbocycles. The maximum absolute atomic E-state index is 12.4. The highest BCUT2D eigenvalue weighted by molar-refractivity contribution is 5.74. The minimum atomic E-state index is -0.266. The van der Waals surface area contributed by atoms with Crippen LogP contribution in [0.1, 0.15) is 39.4 Å². The lowest BCUT2D eigenvalue weighted by Gasteiger charge is -2.20. The van der Waals surface area contributed by atoms with Gasteiger partial charge in [0.15, 0.2) is 5.65 Å². The summed E-state index contributed by atoms with van der Waals surface area (Å²) in [6, 6.07) is 9.98. The summed E-state index contributed by atoms with van der Waals surface area (Å²) in [5.74, 6) is 0.411. The summed E-state index contributed by atoms with van der Waals surface area (Å²) in [4.78, 5) is 19.7. The van der Waals surface area contributed by atoms with Crippen LogP contribution in [0.4, 0.5) is 5.95 Å². The zero-order valence-electron chi connectivity index (χ0n) is 15.6. The molecule has 7 nitrogen and oxygen atoms in total. The van der Waals surface area contributed by atoms with E-state index in [2.05, 4.69) is 20.4 Å². The molecular weight excluding hydrogens is 330 g/mol. The maximum atomic E-state index is 12.4. The molecule has 7 heteroatoms. The van der Waals surface area contributed by atoms with Gasteiger partial charge in [-0.15, -0.1) is 0 Å². The van der Waals surface area contributed by atoms with Crippen LogP contribution in [0.3, 0.4) is 0 Å². The summed E-state index contributed by atoms with van der Waals surface area (Å²) in [6.45, 7) is 9.13. The van der Waals surface area contributed by atoms with Crippen LogP contribution in [0.2, 0.25) is 0 Å². The molecule has 1 atom stereocenters. The predicted octanol–water partition coefficient (Wildman–Crippen LogP) is 3.06. The Kier molecular flexibility index (Phi) is 5.08. The molecule has 3 aromatic rings. The number of fused-ring (bicyclic) bond motifs is 1. The average Bonchev–Trinajstić information content (AvgIpc) is 3.04. The molecule has 138 valence electrons. The van der Waals surface area contributed by atoms with Gasteiger partial charge in [0, 0.05) is 13.2 Å². The number of nitrogens with zero attached hydrogens (tertiary/aromatic N) is 3. The van der Waals surface area contributed by atoms with E-state index in [1.54, 1.807) is 10.9 Å². The van der Waals surface area contributed by atoms with Crippen molar-refractivity contribution in [3.8, 4) is 0 Å². The molecule has 26 heavy (non-hydrogen) atoms. The second kappa shape index (κ2) is 7.29. The van der Waals surface area contributed by atoms with Crippen LogP contribution in [-0.4, -0.2) is 32.9 Å². The van der Waals surface area contributed by atoms with Gasteiger partial charge in [0.2, 0.25) is 5.95 Å². The third-order valence-electron chi connectivity index (χ3n) is 4.07. The van der Waals surface area contributed by atoms with E-state index in [1.165, 1.54) is 0 Å². The summed E-state index contributed by atoms with van der Waals surface area (Å²) in [5, 5.41) is 8.00. The van der Waals surface area contributed by atoms with Gasteiger partial charge in [0.1, 0.15) is 5.39 Å². The van der Waals surface area contributed by atoms with Crippen LogP contribution in [-0.2, 0) is 10.3 Å². The van der Waals surface area contributed by atoms with E-state index in [1.807, 2.05) is 58.0 Å².